The van der Waals surface area contributed by atoms with Crippen LogP contribution < -0.4 is 5.43 Å². The second-order valence-corrected chi connectivity index (χ2v) is 7.80. The zero-order chi connectivity index (χ0) is 23.0. The molecule has 1 amide bonds. The Bertz CT molecular complexity index is 1220. The third-order valence-corrected chi connectivity index (χ3v) is 5.60. The lowest BCUT2D eigenvalue weighted by Crippen LogP contribution is -2.30. The fraction of sp³-hybridized carbons (Fsp3) is 0.231. The summed E-state index contributed by atoms with van der Waals surface area (Å²) in [5.74, 6) is 6.67. The highest BCUT2D eigenvalue weighted by Crippen LogP contribution is 2.22. The van der Waals surface area contributed by atoms with Gasteiger partial charge in [0.1, 0.15) is 6.34 Å². The fourth-order valence-corrected chi connectivity index (χ4v) is 3.79. The minimum absolute atomic E-state index is 0.00292. The summed E-state index contributed by atoms with van der Waals surface area (Å²) in [7, 11) is 1.68. The Balaban J connectivity index is 1.58. The van der Waals surface area contributed by atoms with Crippen LogP contribution >= 0.6 is 0 Å². The van der Waals surface area contributed by atoms with E-state index in [2.05, 4.69) is 32.5 Å². The van der Waals surface area contributed by atoms with E-state index >= 15 is 0 Å². The van der Waals surface area contributed by atoms with Gasteiger partial charge in [-0.25, -0.2) is 4.68 Å². The van der Waals surface area contributed by atoms with Crippen molar-refractivity contribution in [3.05, 3.63) is 83.7 Å². The van der Waals surface area contributed by atoms with Crippen LogP contribution in [0.5, 0.6) is 0 Å². The highest BCUT2D eigenvalue weighted by Gasteiger charge is 2.29. The molecule has 4 rings (SSSR count). The quantitative estimate of drug-likeness (QED) is 0.287. The number of carbonyl (C=O) groups is 1. The molecule has 166 valence electrons. The Labute approximate surface area is 193 Å². The first-order chi connectivity index (χ1) is 16.2. The number of aliphatic imine (C=N–C) groups is 1. The number of nitrogens with one attached hydrogen (secondary N) is 1. The third-order valence-electron chi connectivity index (χ3n) is 5.60. The van der Waals surface area contributed by atoms with Gasteiger partial charge in [-0.2, -0.15) is 10.2 Å². The average Bonchev–Trinajstić information content (AvgIpc) is 3.56. The highest BCUT2D eigenvalue weighted by molar-refractivity contribution is 5.96. The number of likely N-dealkylation sites (tertiary alicyclic amines) is 1. The van der Waals surface area contributed by atoms with Crippen molar-refractivity contribution in [2.24, 2.45) is 16.0 Å². The predicted octanol–water partition coefficient (Wildman–Crippen LogP) is 3.36. The molecule has 7 heteroatoms. The maximum absolute atomic E-state index is 13.3. The zero-order valence-corrected chi connectivity index (χ0v) is 18.8. The number of hydrogen-bond acceptors (Lipinski definition) is 4. The van der Waals surface area contributed by atoms with E-state index in [9.17, 15) is 4.79 Å². The van der Waals surface area contributed by atoms with Crippen molar-refractivity contribution in [2.75, 3.05) is 20.1 Å². The minimum atomic E-state index is 0.00292. The van der Waals surface area contributed by atoms with Crippen molar-refractivity contribution in [2.45, 2.75) is 13.3 Å². The standard InChI is InChI=1S/C26H26N6O/c1-20(30-28-19-27-2)24-13-16-31(18-24)26(33)23-11-12-25(32-15-6-14-29-32)22(17-23)10-9-21-7-4-3-5-8-21/h3-8,11-12,14-15,17,19,24H,13,16,18H2,1-2H3,(H,27,28)/b30-20-. The SMILES string of the molecule is CN=CN/N=C(/C)C1CCN(C(=O)c2ccc(-n3cccn3)c(C#Cc3ccccc3)c2)C1. The van der Waals surface area contributed by atoms with Gasteiger partial charge in [-0.1, -0.05) is 30.0 Å². The number of benzene rings is 2. The molecule has 0 radical (unpaired) electrons. The normalized spacial score (nSPS) is 16.0. The molecule has 3 aromatic rings. The van der Waals surface area contributed by atoms with Crippen LogP contribution in [0.1, 0.15) is 34.8 Å². The van der Waals surface area contributed by atoms with E-state index in [-0.39, 0.29) is 11.8 Å². The molecule has 1 atom stereocenters. The van der Waals surface area contributed by atoms with Crippen LogP contribution in [0.3, 0.4) is 0 Å². The van der Waals surface area contributed by atoms with Crippen molar-refractivity contribution in [1.29, 1.82) is 0 Å². The van der Waals surface area contributed by atoms with Gasteiger partial charge in [-0.15, -0.1) is 0 Å². The lowest BCUT2D eigenvalue weighted by Gasteiger charge is -2.17. The van der Waals surface area contributed by atoms with Gasteiger partial charge >= 0.3 is 0 Å². The van der Waals surface area contributed by atoms with Crippen molar-refractivity contribution in [3.63, 3.8) is 0 Å². The molecule has 1 unspecified atom stereocenters. The molecule has 1 aliphatic rings. The van der Waals surface area contributed by atoms with Gasteiger partial charge in [-0.3, -0.25) is 15.2 Å². The second-order valence-electron chi connectivity index (χ2n) is 7.80. The monoisotopic (exact) mass is 438 g/mol. The van der Waals surface area contributed by atoms with Crippen LogP contribution in [-0.2, 0) is 0 Å². The molecule has 2 aromatic carbocycles. The Morgan fingerprint density at radius 2 is 2.03 bits per heavy atom. The summed E-state index contributed by atoms with van der Waals surface area (Å²) in [4.78, 5) is 19.0. The van der Waals surface area contributed by atoms with Crippen molar-refractivity contribution in [1.82, 2.24) is 20.1 Å². The second kappa shape index (κ2) is 10.4. The van der Waals surface area contributed by atoms with Crippen molar-refractivity contribution >= 4 is 18.0 Å². The van der Waals surface area contributed by atoms with Gasteiger partial charge in [0.25, 0.3) is 5.91 Å². The number of rotatable bonds is 5. The summed E-state index contributed by atoms with van der Waals surface area (Å²) in [5.41, 5.74) is 6.91. The van der Waals surface area contributed by atoms with Gasteiger partial charge in [0.2, 0.25) is 0 Å². The maximum Gasteiger partial charge on any atom is 0.253 e. The van der Waals surface area contributed by atoms with Crippen LogP contribution in [-0.4, -0.2) is 52.8 Å². The number of carbonyl (C=O) groups excluding carboxylic acids is 1. The summed E-state index contributed by atoms with van der Waals surface area (Å²) in [5, 5.41) is 8.66. The molecule has 1 aliphatic heterocycles. The molecule has 0 spiro atoms. The first-order valence-electron chi connectivity index (χ1n) is 10.9. The first kappa shape index (κ1) is 22.0. The molecule has 2 heterocycles. The molecule has 0 saturated carbocycles. The summed E-state index contributed by atoms with van der Waals surface area (Å²) >= 11 is 0. The van der Waals surface area contributed by atoms with Crippen LogP contribution in [0.25, 0.3) is 5.69 Å². The molecule has 1 aromatic heterocycles. The number of aromatic nitrogens is 2. The molecule has 1 saturated heterocycles. The molecule has 1 N–H and O–H groups in total. The Morgan fingerprint density at radius 1 is 1.18 bits per heavy atom. The van der Waals surface area contributed by atoms with E-state index in [1.807, 2.05) is 72.6 Å². The lowest BCUT2D eigenvalue weighted by molar-refractivity contribution is 0.0790. The number of hydrogen-bond donors (Lipinski definition) is 1. The van der Waals surface area contributed by atoms with Crippen molar-refractivity contribution < 1.29 is 4.79 Å². The number of hydrazone groups is 1. The Kier molecular flexibility index (Phi) is 6.96. The lowest BCUT2D eigenvalue weighted by atomic mass is 10.0. The summed E-state index contributed by atoms with van der Waals surface area (Å²) in [6.07, 6.45) is 6.02. The van der Waals surface area contributed by atoms with E-state index < -0.39 is 0 Å². The summed E-state index contributed by atoms with van der Waals surface area (Å²) in [6, 6.07) is 17.3. The van der Waals surface area contributed by atoms with E-state index in [1.165, 1.54) is 0 Å². The molecular weight excluding hydrogens is 412 g/mol. The fourth-order valence-electron chi connectivity index (χ4n) is 3.79. The third kappa shape index (κ3) is 5.36. The highest BCUT2D eigenvalue weighted by atomic mass is 16.2. The first-order valence-corrected chi connectivity index (χ1v) is 10.9. The van der Waals surface area contributed by atoms with Crippen molar-refractivity contribution in [3.8, 4) is 17.5 Å². The van der Waals surface area contributed by atoms with E-state index in [0.717, 1.165) is 28.9 Å². The van der Waals surface area contributed by atoms with Gasteiger partial charge in [-0.05, 0) is 49.7 Å². The Hall–Kier alpha value is -4.18. The topological polar surface area (TPSA) is 74.9 Å². The summed E-state index contributed by atoms with van der Waals surface area (Å²) in [6.45, 7) is 3.32. The van der Waals surface area contributed by atoms with E-state index in [4.69, 9.17) is 0 Å². The molecule has 1 fully saturated rings. The van der Waals surface area contributed by atoms with E-state index in [1.54, 1.807) is 24.3 Å². The molecule has 0 bridgehead atoms. The predicted molar refractivity (Wildman–Crippen MR) is 131 cm³/mol. The Morgan fingerprint density at radius 3 is 2.79 bits per heavy atom. The molecular formula is C26H26N6O. The zero-order valence-electron chi connectivity index (χ0n) is 18.8. The smallest absolute Gasteiger partial charge is 0.253 e. The summed E-state index contributed by atoms with van der Waals surface area (Å²) < 4.78 is 1.77. The van der Waals surface area contributed by atoms with Crippen LogP contribution in [0.15, 0.2) is 77.1 Å². The van der Waals surface area contributed by atoms with Gasteiger partial charge in [0.15, 0.2) is 0 Å². The van der Waals surface area contributed by atoms with Gasteiger partial charge in [0, 0.05) is 55.3 Å². The van der Waals surface area contributed by atoms with Crippen LogP contribution in [0, 0.1) is 17.8 Å². The molecule has 33 heavy (non-hydrogen) atoms. The van der Waals surface area contributed by atoms with Gasteiger partial charge < -0.3 is 4.90 Å². The van der Waals surface area contributed by atoms with Gasteiger partial charge in [0.05, 0.1) is 11.3 Å². The van der Waals surface area contributed by atoms with Crippen LogP contribution in [0.4, 0.5) is 0 Å². The van der Waals surface area contributed by atoms with E-state index in [0.29, 0.717) is 18.7 Å². The average molecular weight is 439 g/mol. The molecule has 0 aliphatic carbocycles. The number of nitrogens with zero attached hydrogens (tertiary/aromatic N) is 5. The maximum atomic E-state index is 13.3. The molecule has 7 nitrogen and oxygen atoms in total. The largest absolute Gasteiger partial charge is 0.338 e. The number of amides is 1. The minimum Gasteiger partial charge on any atom is -0.338 e. The van der Waals surface area contributed by atoms with Crippen LogP contribution in [0.2, 0.25) is 0 Å².